The summed E-state index contributed by atoms with van der Waals surface area (Å²) in [6, 6.07) is 8.55. The molecule has 8 heteroatoms. The Labute approximate surface area is 187 Å². The number of nitrogens with zero attached hydrogens (tertiary/aromatic N) is 5. The van der Waals surface area contributed by atoms with Gasteiger partial charge in [-0.2, -0.15) is 5.10 Å². The molecule has 2 atom stereocenters. The molecule has 3 amide bonds. The lowest BCUT2D eigenvalue weighted by Gasteiger charge is -2.37. The van der Waals surface area contributed by atoms with Crippen LogP contribution in [-0.2, 0) is 17.8 Å². The molecule has 0 radical (unpaired) electrons. The molecule has 0 aliphatic carbocycles. The van der Waals surface area contributed by atoms with Crippen LogP contribution in [0.1, 0.15) is 37.3 Å². The molecule has 3 aromatic heterocycles. The Kier molecular flexibility index (Phi) is 5.61. The van der Waals surface area contributed by atoms with Crippen molar-refractivity contribution < 1.29 is 9.59 Å². The van der Waals surface area contributed by atoms with Crippen molar-refractivity contribution in [1.82, 2.24) is 24.8 Å². The van der Waals surface area contributed by atoms with Crippen LogP contribution >= 0.6 is 0 Å². The molecule has 2 saturated heterocycles. The van der Waals surface area contributed by atoms with Gasteiger partial charge >= 0.3 is 6.03 Å². The van der Waals surface area contributed by atoms with E-state index in [4.69, 9.17) is 0 Å². The van der Waals surface area contributed by atoms with E-state index in [0.29, 0.717) is 24.9 Å². The van der Waals surface area contributed by atoms with Crippen LogP contribution in [0.15, 0.2) is 49.1 Å². The van der Waals surface area contributed by atoms with Gasteiger partial charge in [-0.05, 0) is 68.0 Å². The van der Waals surface area contributed by atoms with Gasteiger partial charge in [-0.1, -0.05) is 6.07 Å². The second-order valence-corrected chi connectivity index (χ2v) is 8.92. The highest BCUT2D eigenvalue weighted by Crippen LogP contribution is 2.29. The third-order valence-electron chi connectivity index (χ3n) is 6.67. The zero-order valence-electron chi connectivity index (χ0n) is 18.3. The van der Waals surface area contributed by atoms with E-state index in [1.165, 1.54) is 17.5 Å². The van der Waals surface area contributed by atoms with Crippen LogP contribution in [0.3, 0.4) is 0 Å². The third kappa shape index (κ3) is 4.23. The normalized spacial score (nSPS) is 22.3. The van der Waals surface area contributed by atoms with E-state index in [1.54, 1.807) is 15.6 Å². The second-order valence-electron chi connectivity index (χ2n) is 8.92. The summed E-state index contributed by atoms with van der Waals surface area (Å²) in [4.78, 5) is 32.2. The zero-order chi connectivity index (χ0) is 22.1. The maximum atomic E-state index is 12.3. The summed E-state index contributed by atoms with van der Waals surface area (Å²) in [5.74, 6) is 0.396. The monoisotopic (exact) mass is 432 g/mol. The minimum Gasteiger partial charge on any atom is -0.296 e. The van der Waals surface area contributed by atoms with Crippen LogP contribution < -0.4 is 10.2 Å². The molecular weight excluding hydrogens is 404 g/mol. The lowest BCUT2D eigenvalue weighted by Crippen LogP contribution is -2.49. The van der Waals surface area contributed by atoms with Crippen LogP contribution in [0.25, 0.3) is 5.52 Å². The topological polar surface area (TPSA) is 82.8 Å². The van der Waals surface area contributed by atoms with Crippen molar-refractivity contribution in [3.8, 4) is 0 Å². The summed E-state index contributed by atoms with van der Waals surface area (Å²) in [5.41, 5.74) is 4.16. The predicted molar refractivity (Wildman–Crippen MR) is 121 cm³/mol. The van der Waals surface area contributed by atoms with Crippen molar-refractivity contribution in [2.45, 2.75) is 45.2 Å². The van der Waals surface area contributed by atoms with Gasteiger partial charge in [0.05, 0.1) is 17.4 Å². The number of rotatable bonds is 5. The third-order valence-corrected chi connectivity index (χ3v) is 6.67. The lowest BCUT2D eigenvalue weighted by atomic mass is 9.86. The molecule has 2 fully saturated rings. The molecule has 0 spiro atoms. The molecule has 166 valence electrons. The molecular formula is C24H28N6O2. The van der Waals surface area contributed by atoms with Crippen LogP contribution in [0.5, 0.6) is 0 Å². The number of aromatic nitrogens is 3. The van der Waals surface area contributed by atoms with E-state index >= 15 is 0 Å². The second kappa shape index (κ2) is 8.70. The number of piperidine rings is 1. The van der Waals surface area contributed by atoms with Gasteiger partial charge < -0.3 is 0 Å². The van der Waals surface area contributed by atoms with Gasteiger partial charge in [0.1, 0.15) is 0 Å². The van der Waals surface area contributed by atoms with Crippen molar-refractivity contribution in [3.63, 3.8) is 0 Å². The molecule has 0 aromatic carbocycles. The van der Waals surface area contributed by atoms with Gasteiger partial charge in [-0.3, -0.25) is 24.9 Å². The average molecular weight is 433 g/mol. The van der Waals surface area contributed by atoms with E-state index in [1.807, 2.05) is 24.7 Å². The molecule has 0 unspecified atom stereocenters. The first-order chi connectivity index (χ1) is 15.6. The quantitative estimate of drug-likeness (QED) is 0.670. The predicted octanol–water partition coefficient (Wildman–Crippen LogP) is 3.02. The van der Waals surface area contributed by atoms with Gasteiger partial charge in [0, 0.05) is 44.1 Å². The van der Waals surface area contributed by atoms with Crippen molar-refractivity contribution in [2.75, 3.05) is 18.0 Å². The highest BCUT2D eigenvalue weighted by molar-refractivity contribution is 6.07. The van der Waals surface area contributed by atoms with Crippen molar-refractivity contribution in [3.05, 3.63) is 60.2 Å². The van der Waals surface area contributed by atoms with Crippen LogP contribution in [0.2, 0.25) is 0 Å². The number of imide groups is 1. The Balaban J connectivity index is 1.27. The molecule has 3 aromatic rings. The first-order valence-electron chi connectivity index (χ1n) is 11.3. The molecule has 0 saturated carbocycles. The van der Waals surface area contributed by atoms with Crippen LogP contribution in [0.4, 0.5) is 10.5 Å². The smallest absolute Gasteiger partial charge is 0.296 e. The first kappa shape index (κ1) is 20.6. The largest absolute Gasteiger partial charge is 0.328 e. The SMILES string of the molecule is C[C@H]1C[C@H](Cc2ccn3ncc(N4CCC(=O)NC4=O)c3c2)CCN1Cc1cccnc1. The molecule has 32 heavy (non-hydrogen) atoms. The van der Waals surface area contributed by atoms with Gasteiger partial charge in [-0.15, -0.1) is 0 Å². The minimum absolute atomic E-state index is 0.229. The number of likely N-dealkylation sites (tertiary alicyclic amines) is 1. The maximum absolute atomic E-state index is 12.3. The fourth-order valence-electron chi connectivity index (χ4n) is 4.94. The van der Waals surface area contributed by atoms with Gasteiger partial charge in [0.25, 0.3) is 0 Å². The number of amides is 3. The van der Waals surface area contributed by atoms with E-state index < -0.39 is 0 Å². The maximum Gasteiger partial charge on any atom is 0.328 e. The molecule has 0 bridgehead atoms. The van der Waals surface area contributed by atoms with Gasteiger partial charge in [0.2, 0.25) is 5.91 Å². The molecule has 5 rings (SSSR count). The van der Waals surface area contributed by atoms with Crippen molar-refractivity contribution in [1.29, 1.82) is 0 Å². The Hall–Kier alpha value is -3.26. The number of hydrogen-bond donors (Lipinski definition) is 1. The van der Waals surface area contributed by atoms with Crippen LogP contribution in [-0.4, -0.2) is 50.6 Å². The highest BCUT2D eigenvalue weighted by Gasteiger charge is 2.28. The Morgan fingerprint density at radius 1 is 1.16 bits per heavy atom. The van der Waals surface area contributed by atoms with Crippen molar-refractivity contribution >= 4 is 23.1 Å². The highest BCUT2D eigenvalue weighted by atomic mass is 16.2. The van der Waals surface area contributed by atoms with E-state index in [2.05, 4.69) is 45.4 Å². The number of urea groups is 1. The Morgan fingerprint density at radius 3 is 2.84 bits per heavy atom. The van der Waals surface area contributed by atoms with Crippen molar-refractivity contribution in [2.24, 2.45) is 5.92 Å². The van der Waals surface area contributed by atoms with Gasteiger partial charge in [0.15, 0.2) is 0 Å². The number of anilines is 1. The molecule has 1 N–H and O–H groups in total. The fraction of sp³-hybridized carbons (Fsp3) is 0.417. The standard InChI is InChI=1S/C24H28N6O2/c1-17-11-18(4-8-28(17)16-20-3-2-7-25-14-20)12-19-5-10-30-21(13-19)22(15-26-30)29-9-6-23(31)27-24(29)32/h2-3,5,7,10,13-15,17-18H,4,6,8-9,11-12,16H2,1H3,(H,27,31,32)/t17-,18+/m0/s1. The first-order valence-corrected chi connectivity index (χ1v) is 11.3. The van der Waals surface area contributed by atoms with E-state index in [9.17, 15) is 9.59 Å². The summed E-state index contributed by atoms with van der Waals surface area (Å²) in [6.45, 7) is 4.73. The summed E-state index contributed by atoms with van der Waals surface area (Å²) in [7, 11) is 0. The lowest BCUT2D eigenvalue weighted by molar-refractivity contribution is -0.120. The summed E-state index contributed by atoms with van der Waals surface area (Å²) in [5, 5.41) is 6.79. The summed E-state index contributed by atoms with van der Waals surface area (Å²) >= 11 is 0. The van der Waals surface area contributed by atoms with E-state index in [0.717, 1.165) is 37.1 Å². The number of carbonyl (C=O) groups is 2. The minimum atomic E-state index is -0.378. The number of carbonyl (C=O) groups excluding carboxylic acids is 2. The number of hydrogen-bond acceptors (Lipinski definition) is 5. The molecule has 2 aliphatic heterocycles. The molecule has 5 heterocycles. The Bertz CT molecular complexity index is 1130. The molecule has 2 aliphatic rings. The fourth-order valence-corrected chi connectivity index (χ4v) is 4.94. The van der Waals surface area contributed by atoms with E-state index in [-0.39, 0.29) is 11.9 Å². The number of fused-ring (bicyclic) bond motifs is 1. The number of pyridine rings is 2. The zero-order valence-corrected chi connectivity index (χ0v) is 18.3. The van der Waals surface area contributed by atoms with Crippen LogP contribution in [0, 0.1) is 5.92 Å². The summed E-state index contributed by atoms with van der Waals surface area (Å²) in [6.07, 6.45) is 11.1. The average Bonchev–Trinajstić information content (AvgIpc) is 3.19. The summed E-state index contributed by atoms with van der Waals surface area (Å²) < 4.78 is 1.79. The number of nitrogens with one attached hydrogen (secondary N) is 1. The molecule has 8 nitrogen and oxygen atoms in total. The Morgan fingerprint density at radius 2 is 2.06 bits per heavy atom. The van der Waals surface area contributed by atoms with Gasteiger partial charge in [-0.25, -0.2) is 9.31 Å².